The molecule has 1 aliphatic heterocycles. The van der Waals surface area contributed by atoms with Crippen molar-refractivity contribution in [3.05, 3.63) is 16.1 Å². The van der Waals surface area contributed by atoms with E-state index in [9.17, 15) is 5.11 Å². The van der Waals surface area contributed by atoms with Crippen LogP contribution in [0.1, 0.15) is 36.4 Å². The summed E-state index contributed by atoms with van der Waals surface area (Å²) in [6.07, 6.45) is 4.91. The van der Waals surface area contributed by atoms with E-state index in [1.54, 1.807) is 11.3 Å². The van der Waals surface area contributed by atoms with Gasteiger partial charge in [0.1, 0.15) is 0 Å². The number of aromatic nitrogens is 1. The first-order chi connectivity index (χ1) is 7.74. The maximum absolute atomic E-state index is 9.88. The van der Waals surface area contributed by atoms with Gasteiger partial charge < -0.3 is 9.84 Å². The zero-order valence-electron chi connectivity index (χ0n) is 9.69. The number of thiazole rings is 1. The first-order valence-corrected chi connectivity index (χ1v) is 6.82. The molecule has 1 N–H and O–H groups in total. The third-order valence-electron chi connectivity index (χ3n) is 2.96. The molecular weight excluding hydrogens is 222 g/mol. The molecule has 1 aliphatic rings. The molecule has 16 heavy (non-hydrogen) atoms. The van der Waals surface area contributed by atoms with Crippen LogP contribution in [-0.2, 0) is 11.2 Å². The van der Waals surface area contributed by atoms with E-state index < -0.39 is 0 Å². The van der Waals surface area contributed by atoms with Crippen LogP contribution in [0.3, 0.4) is 0 Å². The molecule has 0 amide bonds. The number of aliphatic hydroxyl groups is 1. The molecule has 2 atom stereocenters. The van der Waals surface area contributed by atoms with Crippen LogP contribution in [0, 0.1) is 6.92 Å². The number of hydrogen-bond donors (Lipinski definition) is 1. The van der Waals surface area contributed by atoms with E-state index in [-0.39, 0.29) is 6.10 Å². The Balaban J connectivity index is 1.69. The van der Waals surface area contributed by atoms with Crippen molar-refractivity contribution in [3.63, 3.8) is 0 Å². The summed E-state index contributed by atoms with van der Waals surface area (Å²) < 4.78 is 5.53. The average molecular weight is 241 g/mol. The van der Waals surface area contributed by atoms with Crippen LogP contribution in [0.2, 0.25) is 0 Å². The fourth-order valence-corrected chi connectivity index (χ4v) is 2.72. The molecule has 0 saturated carbocycles. The van der Waals surface area contributed by atoms with Gasteiger partial charge in [-0.05, 0) is 32.6 Å². The van der Waals surface area contributed by atoms with E-state index in [1.165, 1.54) is 6.42 Å². The van der Waals surface area contributed by atoms with Crippen LogP contribution >= 0.6 is 11.3 Å². The normalized spacial score (nSPS) is 22.5. The van der Waals surface area contributed by atoms with Gasteiger partial charge in [-0.2, -0.15) is 0 Å². The summed E-state index contributed by atoms with van der Waals surface area (Å²) in [6.45, 7) is 2.89. The van der Waals surface area contributed by atoms with E-state index in [4.69, 9.17) is 4.74 Å². The second kappa shape index (κ2) is 5.75. The van der Waals surface area contributed by atoms with Crippen molar-refractivity contribution in [2.45, 2.75) is 51.2 Å². The Bertz CT molecular complexity index is 321. The van der Waals surface area contributed by atoms with Crippen molar-refractivity contribution < 1.29 is 9.84 Å². The molecule has 4 heteroatoms. The summed E-state index contributed by atoms with van der Waals surface area (Å²) in [6, 6.07) is 0. The lowest BCUT2D eigenvalue weighted by atomic mass is 10.0. The number of rotatable bonds is 5. The van der Waals surface area contributed by atoms with Crippen molar-refractivity contribution in [1.82, 2.24) is 4.98 Å². The van der Waals surface area contributed by atoms with Crippen molar-refractivity contribution in [1.29, 1.82) is 0 Å². The highest BCUT2D eigenvalue weighted by molar-refractivity contribution is 7.09. The lowest BCUT2D eigenvalue weighted by Crippen LogP contribution is -2.15. The first-order valence-electron chi connectivity index (χ1n) is 5.94. The van der Waals surface area contributed by atoms with Gasteiger partial charge in [0.15, 0.2) is 0 Å². The monoisotopic (exact) mass is 241 g/mol. The maximum atomic E-state index is 9.88. The van der Waals surface area contributed by atoms with Crippen LogP contribution in [0.5, 0.6) is 0 Å². The standard InChI is InChI=1S/C12H19NO2S/c1-9-13-10(8-16-9)7-11(14)4-5-12-3-2-6-15-12/h8,11-12,14H,2-7H2,1H3. The van der Waals surface area contributed by atoms with Crippen LogP contribution in [-0.4, -0.2) is 28.9 Å². The Hall–Kier alpha value is -0.450. The summed E-state index contributed by atoms with van der Waals surface area (Å²) in [5.74, 6) is 0. The van der Waals surface area contributed by atoms with Gasteiger partial charge in [-0.25, -0.2) is 4.98 Å². The molecule has 0 bridgehead atoms. The SMILES string of the molecule is Cc1nc(CC(O)CCC2CCCO2)cs1. The minimum atomic E-state index is -0.273. The molecule has 2 unspecified atom stereocenters. The van der Waals surface area contributed by atoms with Gasteiger partial charge in [0.25, 0.3) is 0 Å². The van der Waals surface area contributed by atoms with Gasteiger partial charge in [-0.1, -0.05) is 0 Å². The van der Waals surface area contributed by atoms with Gasteiger partial charge in [0.05, 0.1) is 22.9 Å². The van der Waals surface area contributed by atoms with Gasteiger partial charge in [-0.3, -0.25) is 0 Å². The Morgan fingerprint density at radius 1 is 1.69 bits per heavy atom. The number of aryl methyl sites for hydroxylation is 1. The number of nitrogens with zero attached hydrogens (tertiary/aromatic N) is 1. The molecule has 0 radical (unpaired) electrons. The summed E-state index contributed by atoms with van der Waals surface area (Å²) >= 11 is 1.64. The predicted octanol–water partition coefficient (Wildman–Crippen LogP) is 2.31. The van der Waals surface area contributed by atoms with Gasteiger partial charge in [0, 0.05) is 18.4 Å². The third kappa shape index (κ3) is 3.54. The number of aliphatic hydroxyl groups excluding tert-OH is 1. The molecule has 1 saturated heterocycles. The van der Waals surface area contributed by atoms with Crippen molar-refractivity contribution in [2.75, 3.05) is 6.61 Å². The van der Waals surface area contributed by atoms with Crippen LogP contribution in [0.25, 0.3) is 0 Å². The number of ether oxygens (including phenoxy) is 1. The average Bonchev–Trinajstić information content (AvgIpc) is 2.87. The van der Waals surface area contributed by atoms with Crippen LogP contribution < -0.4 is 0 Å². The van der Waals surface area contributed by atoms with Crippen molar-refractivity contribution in [2.24, 2.45) is 0 Å². The summed E-state index contributed by atoms with van der Waals surface area (Å²) in [5.41, 5.74) is 1.02. The Labute approximate surface area is 100 Å². The first kappa shape index (κ1) is 12.0. The lowest BCUT2D eigenvalue weighted by Gasteiger charge is -2.12. The Kier molecular flexibility index (Phi) is 4.32. The molecule has 3 nitrogen and oxygen atoms in total. The topological polar surface area (TPSA) is 42.4 Å². The molecule has 1 aromatic rings. The van der Waals surface area contributed by atoms with Crippen molar-refractivity contribution >= 4 is 11.3 Å². The fourth-order valence-electron chi connectivity index (χ4n) is 2.10. The van der Waals surface area contributed by atoms with E-state index in [2.05, 4.69) is 4.98 Å². The Morgan fingerprint density at radius 2 is 2.56 bits per heavy atom. The van der Waals surface area contributed by atoms with Gasteiger partial charge in [0.2, 0.25) is 0 Å². The van der Waals surface area contributed by atoms with E-state index >= 15 is 0 Å². The smallest absolute Gasteiger partial charge is 0.0897 e. The van der Waals surface area contributed by atoms with Crippen LogP contribution in [0.15, 0.2) is 5.38 Å². The Morgan fingerprint density at radius 3 is 3.19 bits per heavy atom. The maximum Gasteiger partial charge on any atom is 0.0897 e. The molecular formula is C12H19NO2S. The third-order valence-corrected chi connectivity index (χ3v) is 3.78. The number of hydrogen-bond acceptors (Lipinski definition) is 4. The van der Waals surface area contributed by atoms with E-state index in [0.717, 1.165) is 36.6 Å². The quantitative estimate of drug-likeness (QED) is 0.860. The molecule has 2 heterocycles. The zero-order valence-corrected chi connectivity index (χ0v) is 10.5. The second-order valence-electron chi connectivity index (χ2n) is 4.43. The minimum absolute atomic E-state index is 0.273. The zero-order chi connectivity index (χ0) is 11.4. The van der Waals surface area contributed by atoms with Gasteiger partial charge in [-0.15, -0.1) is 11.3 Å². The highest BCUT2D eigenvalue weighted by Crippen LogP contribution is 2.19. The van der Waals surface area contributed by atoms with Crippen molar-refractivity contribution in [3.8, 4) is 0 Å². The van der Waals surface area contributed by atoms with E-state index in [0.29, 0.717) is 12.5 Å². The fraction of sp³-hybridized carbons (Fsp3) is 0.750. The molecule has 0 aromatic carbocycles. The minimum Gasteiger partial charge on any atom is -0.393 e. The molecule has 0 aliphatic carbocycles. The molecule has 2 rings (SSSR count). The van der Waals surface area contributed by atoms with E-state index in [1.807, 2.05) is 12.3 Å². The summed E-state index contributed by atoms with van der Waals surface area (Å²) in [7, 11) is 0. The van der Waals surface area contributed by atoms with Crippen LogP contribution in [0.4, 0.5) is 0 Å². The highest BCUT2D eigenvalue weighted by Gasteiger charge is 2.17. The predicted molar refractivity (Wildman–Crippen MR) is 64.8 cm³/mol. The second-order valence-corrected chi connectivity index (χ2v) is 5.49. The van der Waals surface area contributed by atoms with Gasteiger partial charge >= 0.3 is 0 Å². The summed E-state index contributed by atoms with van der Waals surface area (Å²) in [5, 5.41) is 13.0. The lowest BCUT2D eigenvalue weighted by molar-refractivity contribution is 0.0811. The molecule has 1 fully saturated rings. The molecule has 1 aromatic heterocycles. The molecule has 90 valence electrons. The highest BCUT2D eigenvalue weighted by atomic mass is 32.1. The molecule has 0 spiro atoms. The largest absolute Gasteiger partial charge is 0.393 e. The summed E-state index contributed by atoms with van der Waals surface area (Å²) in [4.78, 5) is 4.36.